The molecule has 2 heterocycles. The molecule has 5 nitrogen and oxygen atoms in total. The van der Waals surface area contributed by atoms with Gasteiger partial charge in [0.05, 0.1) is 29.3 Å². The number of fused-ring (bicyclic) bond motifs is 1. The van der Waals surface area contributed by atoms with Crippen molar-refractivity contribution in [2.45, 2.75) is 25.8 Å². The Morgan fingerprint density at radius 2 is 1.89 bits per heavy atom. The summed E-state index contributed by atoms with van der Waals surface area (Å²) in [5.41, 5.74) is 5.54. The zero-order valence-corrected chi connectivity index (χ0v) is 15.6. The van der Waals surface area contributed by atoms with Crippen LogP contribution in [0.4, 0.5) is 0 Å². The van der Waals surface area contributed by atoms with Gasteiger partial charge in [0.25, 0.3) is 5.91 Å². The van der Waals surface area contributed by atoms with Crippen molar-refractivity contribution in [1.82, 2.24) is 20.1 Å². The summed E-state index contributed by atoms with van der Waals surface area (Å²) in [5.74, 6) is -0.0123. The van der Waals surface area contributed by atoms with Crippen molar-refractivity contribution < 1.29 is 4.79 Å². The van der Waals surface area contributed by atoms with Crippen molar-refractivity contribution >= 4 is 16.8 Å². The van der Waals surface area contributed by atoms with Gasteiger partial charge in [0.15, 0.2) is 0 Å². The first-order valence-corrected chi connectivity index (χ1v) is 9.50. The molecule has 1 saturated carbocycles. The van der Waals surface area contributed by atoms with Crippen molar-refractivity contribution in [3.05, 3.63) is 78.1 Å². The molecule has 1 fully saturated rings. The molecule has 0 saturated heterocycles. The van der Waals surface area contributed by atoms with Gasteiger partial charge in [-0.25, -0.2) is 4.68 Å². The van der Waals surface area contributed by atoms with Crippen LogP contribution in [-0.2, 0) is 0 Å². The largest absolute Gasteiger partial charge is 0.349 e. The summed E-state index contributed by atoms with van der Waals surface area (Å²) in [6, 6.07) is 18.2. The standard InChI is InChI=1S/C23H20N4O/c1-15-7-8-16(23(28)26-18-9-10-18)11-20(15)21-12-17-13-25-27(22(17)14-24-21)19-5-3-2-4-6-19/h2-8,11-14,18H,9-10H2,1H3,(H,26,28). The quantitative estimate of drug-likeness (QED) is 0.585. The Kier molecular flexibility index (Phi) is 3.93. The number of hydrogen-bond donors (Lipinski definition) is 1. The highest BCUT2D eigenvalue weighted by atomic mass is 16.1. The number of rotatable bonds is 4. The Labute approximate surface area is 163 Å². The number of aryl methyl sites for hydroxylation is 1. The van der Waals surface area contributed by atoms with Crippen molar-refractivity contribution in [3.63, 3.8) is 0 Å². The van der Waals surface area contributed by atoms with E-state index in [0.717, 1.165) is 46.3 Å². The SMILES string of the molecule is Cc1ccc(C(=O)NC2CC2)cc1-c1cc2cnn(-c3ccccc3)c2cn1. The average molecular weight is 368 g/mol. The molecule has 1 aliphatic rings. The van der Waals surface area contributed by atoms with Crippen LogP contribution in [0.1, 0.15) is 28.8 Å². The van der Waals surface area contributed by atoms with E-state index < -0.39 is 0 Å². The molecule has 0 aliphatic heterocycles. The van der Waals surface area contributed by atoms with Crippen molar-refractivity contribution in [2.24, 2.45) is 0 Å². The number of nitrogens with zero attached hydrogens (tertiary/aromatic N) is 3. The molecule has 0 unspecified atom stereocenters. The van der Waals surface area contributed by atoms with Gasteiger partial charge in [-0.05, 0) is 55.7 Å². The van der Waals surface area contributed by atoms with Crippen molar-refractivity contribution in [3.8, 4) is 16.9 Å². The molecule has 138 valence electrons. The molecular weight excluding hydrogens is 348 g/mol. The Morgan fingerprint density at radius 1 is 1.07 bits per heavy atom. The lowest BCUT2D eigenvalue weighted by molar-refractivity contribution is 0.0951. The predicted molar refractivity (Wildman–Crippen MR) is 110 cm³/mol. The molecular formula is C23H20N4O. The Balaban J connectivity index is 1.53. The molecule has 1 N–H and O–H groups in total. The maximum atomic E-state index is 12.4. The summed E-state index contributed by atoms with van der Waals surface area (Å²) in [4.78, 5) is 17.1. The van der Waals surface area contributed by atoms with Gasteiger partial charge in [-0.15, -0.1) is 0 Å². The lowest BCUT2D eigenvalue weighted by Crippen LogP contribution is -2.25. The number of nitrogens with one attached hydrogen (secondary N) is 1. The van der Waals surface area contributed by atoms with E-state index in [1.165, 1.54) is 0 Å². The molecule has 2 aromatic heterocycles. The van der Waals surface area contributed by atoms with Crippen LogP contribution in [-0.4, -0.2) is 26.7 Å². The maximum absolute atomic E-state index is 12.4. The number of para-hydroxylation sites is 1. The fourth-order valence-electron chi connectivity index (χ4n) is 3.38. The van der Waals surface area contributed by atoms with Gasteiger partial charge in [0.1, 0.15) is 0 Å². The normalized spacial score (nSPS) is 13.6. The highest BCUT2D eigenvalue weighted by Crippen LogP contribution is 2.27. The Morgan fingerprint density at radius 3 is 2.68 bits per heavy atom. The Hall–Kier alpha value is -3.47. The third-order valence-electron chi connectivity index (χ3n) is 5.14. The summed E-state index contributed by atoms with van der Waals surface area (Å²) in [6.45, 7) is 2.04. The second-order valence-electron chi connectivity index (χ2n) is 7.30. The van der Waals surface area contributed by atoms with Crippen LogP contribution >= 0.6 is 0 Å². The lowest BCUT2D eigenvalue weighted by Gasteiger charge is -2.10. The highest BCUT2D eigenvalue weighted by Gasteiger charge is 2.24. The molecule has 28 heavy (non-hydrogen) atoms. The van der Waals surface area contributed by atoms with Crippen LogP contribution in [0.3, 0.4) is 0 Å². The Bertz CT molecular complexity index is 1180. The molecule has 0 radical (unpaired) electrons. The second-order valence-corrected chi connectivity index (χ2v) is 7.30. The smallest absolute Gasteiger partial charge is 0.251 e. The summed E-state index contributed by atoms with van der Waals surface area (Å²) in [7, 11) is 0. The minimum atomic E-state index is -0.0123. The predicted octanol–water partition coefficient (Wildman–Crippen LogP) is 4.29. The van der Waals surface area contributed by atoms with Crippen LogP contribution in [0.5, 0.6) is 0 Å². The third kappa shape index (κ3) is 3.05. The number of carbonyl (C=O) groups excluding carboxylic acids is 1. The van der Waals surface area contributed by atoms with Crippen molar-refractivity contribution in [2.75, 3.05) is 0 Å². The van der Waals surface area contributed by atoms with Gasteiger partial charge in [-0.3, -0.25) is 9.78 Å². The van der Waals surface area contributed by atoms with Crippen molar-refractivity contribution in [1.29, 1.82) is 0 Å². The van der Waals surface area contributed by atoms with Gasteiger partial charge < -0.3 is 5.32 Å². The van der Waals surface area contributed by atoms with Crippen LogP contribution in [0.25, 0.3) is 27.8 Å². The van der Waals surface area contributed by atoms with Gasteiger partial charge in [0.2, 0.25) is 0 Å². The van der Waals surface area contributed by atoms with Crippen LogP contribution < -0.4 is 5.32 Å². The fourth-order valence-corrected chi connectivity index (χ4v) is 3.38. The number of pyridine rings is 1. The molecule has 0 spiro atoms. The van der Waals surface area contributed by atoms with Crippen LogP contribution in [0, 0.1) is 6.92 Å². The third-order valence-corrected chi connectivity index (χ3v) is 5.14. The summed E-state index contributed by atoms with van der Waals surface area (Å²) in [5, 5.41) is 8.58. The van der Waals surface area contributed by atoms with E-state index in [1.807, 2.05) is 78.6 Å². The molecule has 1 amide bonds. The zero-order chi connectivity index (χ0) is 19.1. The van der Waals surface area contributed by atoms with E-state index in [1.54, 1.807) is 0 Å². The highest BCUT2D eigenvalue weighted by molar-refractivity contribution is 5.96. The first kappa shape index (κ1) is 16.7. The van der Waals surface area contributed by atoms with Crippen LogP contribution in [0.2, 0.25) is 0 Å². The van der Waals surface area contributed by atoms with Gasteiger partial charge >= 0.3 is 0 Å². The minimum Gasteiger partial charge on any atom is -0.349 e. The van der Waals surface area contributed by atoms with Crippen LogP contribution in [0.15, 0.2) is 67.0 Å². The maximum Gasteiger partial charge on any atom is 0.251 e. The average Bonchev–Trinajstić information content (AvgIpc) is 3.44. The summed E-state index contributed by atoms with van der Waals surface area (Å²) in [6.07, 6.45) is 5.86. The molecule has 1 aliphatic carbocycles. The van der Waals surface area contributed by atoms with E-state index in [9.17, 15) is 4.79 Å². The van der Waals surface area contributed by atoms with Gasteiger partial charge in [-0.1, -0.05) is 24.3 Å². The molecule has 5 rings (SSSR count). The van der Waals surface area contributed by atoms with Gasteiger partial charge in [0, 0.05) is 22.6 Å². The number of aromatic nitrogens is 3. The molecule has 2 aromatic carbocycles. The molecule has 4 aromatic rings. The van der Waals surface area contributed by atoms with E-state index in [0.29, 0.717) is 11.6 Å². The number of hydrogen-bond acceptors (Lipinski definition) is 3. The number of amides is 1. The number of benzene rings is 2. The monoisotopic (exact) mass is 368 g/mol. The summed E-state index contributed by atoms with van der Waals surface area (Å²) >= 11 is 0. The number of carbonyl (C=O) groups is 1. The minimum absolute atomic E-state index is 0.0123. The van der Waals surface area contributed by atoms with E-state index >= 15 is 0 Å². The molecule has 0 atom stereocenters. The lowest BCUT2D eigenvalue weighted by atomic mass is 10.0. The topological polar surface area (TPSA) is 59.8 Å². The first-order valence-electron chi connectivity index (χ1n) is 9.50. The van der Waals surface area contributed by atoms with E-state index in [4.69, 9.17) is 0 Å². The molecule has 0 bridgehead atoms. The summed E-state index contributed by atoms with van der Waals surface area (Å²) < 4.78 is 1.89. The molecule has 5 heteroatoms. The fraction of sp³-hybridized carbons (Fsp3) is 0.174. The first-order chi connectivity index (χ1) is 13.7. The van der Waals surface area contributed by atoms with E-state index in [2.05, 4.69) is 15.4 Å². The van der Waals surface area contributed by atoms with E-state index in [-0.39, 0.29) is 5.91 Å². The van der Waals surface area contributed by atoms with Gasteiger partial charge in [-0.2, -0.15) is 5.10 Å². The zero-order valence-electron chi connectivity index (χ0n) is 15.6. The second kappa shape index (κ2) is 6.60.